The molecule has 0 atom stereocenters. The van der Waals surface area contributed by atoms with Gasteiger partial charge in [-0.15, -0.1) is 0 Å². The second kappa shape index (κ2) is 8.64. The number of pyridine rings is 1. The first-order chi connectivity index (χ1) is 14.1. The fourth-order valence-corrected chi connectivity index (χ4v) is 4.04. The zero-order valence-corrected chi connectivity index (χ0v) is 17.0. The van der Waals surface area contributed by atoms with Gasteiger partial charge in [0.05, 0.1) is 17.3 Å². The summed E-state index contributed by atoms with van der Waals surface area (Å²) in [6.45, 7) is 3.80. The summed E-state index contributed by atoms with van der Waals surface area (Å²) in [5, 5.41) is 8.21. The van der Waals surface area contributed by atoms with Crippen LogP contribution >= 0.6 is 0 Å². The van der Waals surface area contributed by atoms with E-state index in [9.17, 15) is 4.79 Å². The van der Waals surface area contributed by atoms with Gasteiger partial charge in [0.1, 0.15) is 11.5 Å². The summed E-state index contributed by atoms with van der Waals surface area (Å²) in [4.78, 5) is 16.7. The largest absolute Gasteiger partial charge is 0.490 e. The number of fused-ring (bicyclic) bond motifs is 1. The molecule has 1 N–H and O–H groups in total. The average molecular weight is 393 g/mol. The Balaban J connectivity index is 1.23. The molecule has 0 spiro atoms. The van der Waals surface area contributed by atoms with E-state index in [0.717, 1.165) is 59.4 Å². The fourth-order valence-electron chi connectivity index (χ4n) is 4.04. The van der Waals surface area contributed by atoms with Crippen molar-refractivity contribution in [3.05, 3.63) is 53.5 Å². The van der Waals surface area contributed by atoms with Gasteiger partial charge in [-0.3, -0.25) is 9.78 Å². The molecule has 2 aromatic heterocycles. The summed E-state index contributed by atoms with van der Waals surface area (Å²) >= 11 is 0. The Bertz CT molecular complexity index is 970. The zero-order valence-electron chi connectivity index (χ0n) is 17.0. The number of hydrogen-bond acceptors (Lipinski definition) is 5. The van der Waals surface area contributed by atoms with Crippen LogP contribution in [-0.4, -0.2) is 28.2 Å². The van der Waals surface area contributed by atoms with Crippen LogP contribution in [-0.2, 0) is 11.2 Å². The van der Waals surface area contributed by atoms with E-state index in [2.05, 4.69) is 15.5 Å². The lowest BCUT2D eigenvalue weighted by molar-refractivity contribution is -0.122. The average Bonchev–Trinajstić information content (AvgIpc) is 3.05. The third kappa shape index (κ3) is 4.75. The van der Waals surface area contributed by atoms with Gasteiger partial charge < -0.3 is 14.6 Å². The third-order valence-corrected chi connectivity index (χ3v) is 5.70. The molecule has 1 saturated carbocycles. The van der Waals surface area contributed by atoms with Crippen molar-refractivity contribution in [1.29, 1.82) is 0 Å². The zero-order chi connectivity index (χ0) is 20.2. The van der Waals surface area contributed by atoms with E-state index in [4.69, 9.17) is 9.26 Å². The number of rotatable bonds is 6. The summed E-state index contributed by atoms with van der Waals surface area (Å²) in [6, 6.07) is 10.2. The number of nitrogens with zero attached hydrogens (tertiary/aromatic N) is 2. The van der Waals surface area contributed by atoms with Crippen molar-refractivity contribution in [2.45, 2.75) is 64.5 Å². The second-order valence-electron chi connectivity index (χ2n) is 7.82. The molecule has 6 heteroatoms. The van der Waals surface area contributed by atoms with E-state index in [-0.39, 0.29) is 18.1 Å². The molecule has 152 valence electrons. The molecule has 0 bridgehead atoms. The fraction of sp³-hybridized carbons (Fsp3) is 0.435. The van der Waals surface area contributed by atoms with Crippen LogP contribution in [0.3, 0.4) is 0 Å². The normalized spacial score (nSPS) is 19.2. The molecule has 3 aromatic rings. The standard InChI is InChI=1S/C23H27N3O3/c1-15-21(16(2)29-26-15)10-12-23(27)25-18-5-7-19(8-6-18)28-20-9-11-22-17(14-20)4-3-13-24-22/h3-4,9,11,13-14,18-19H,5-8,10,12H2,1-2H3,(H,25,27). The molecule has 1 aliphatic carbocycles. The van der Waals surface area contributed by atoms with Gasteiger partial charge in [0.15, 0.2) is 0 Å². The van der Waals surface area contributed by atoms with E-state index < -0.39 is 0 Å². The highest BCUT2D eigenvalue weighted by Crippen LogP contribution is 2.26. The highest BCUT2D eigenvalue weighted by Gasteiger charge is 2.24. The second-order valence-corrected chi connectivity index (χ2v) is 7.82. The molecule has 6 nitrogen and oxygen atoms in total. The van der Waals surface area contributed by atoms with E-state index in [1.54, 1.807) is 6.20 Å². The van der Waals surface area contributed by atoms with Gasteiger partial charge in [0.2, 0.25) is 5.91 Å². The van der Waals surface area contributed by atoms with Crippen LogP contribution in [0.2, 0.25) is 0 Å². The lowest BCUT2D eigenvalue weighted by atomic mass is 9.92. The summed E-state index contributed by atoms with van der Waals surface area (Å²) in [7, 11) is 0. The SMILES string of the molecule is Cc1noc(C)c1CCC(=O)NC1CCC(Oc2ccc3ncccc3c2)CC1. The van der Waals surface area contributed by atoms with Crippen LogP contribution in [0.15, 0.2) is 41.1 Å². The van der Waals surface area contributed by atoms with Gasteiger partial charge in [0, 0.05) is 29.6 Å². The van der Waals surface area contributed by atoms with Crippen molar-refractivity contribution < 1.29 is 14.1 Å². The quantitative estimate of drug-likeness (QED) is 0.676. The van der Waals surface area contributed by atoms with Crippen molar-refractivity contribution in [2.24, 2.45) is 0 Å². The Morgan fingerprint density at radius 2 is 2.03 bits per heavy atom. The lowest BCUT2D eigenvalue weighted by Crippen LogP contribution is -2.39. The van der Waals surface area contributed by atoms with Crippen LogP contribution in [0, 0.1) is 13.8 Å². The van der Waals surface area contributed by atoms with E-state index in [1.807, 2.05) is 44.2 Å². The molecule has 1 amide bonds. The first-order valence-corrected chi connectivity index (χ1v) is 10.3. The smallest absolute Gasteiger partial charge is 0.220 e. The van der Waals surface area contributed by atoms with Crippen LogP contribution in [0.1, 0.15) is 49.1 Å². The maximum atomic E-state index is 12.3. The highest BCUT2D eigenvalue weighted by atomic mass is 16.5. The van der Waals surface area contributed by atoms with E-state index >= 15 is 0 Å². The number of carbonyl (C=O) groups is 1. The van der Waals surface area contributed by atoms with Crippen LogP contribution < -0.4 is 10.1 Å². The van der Waals surface area contributed by atoms with Gasteiger partial charge >= 0.3 is 0 Å². The number of nitrogens with one attached hydrogen (secondary N) is 1. The van der Waals surface area contributed by atoms with Crippen molar-refractivity contribution in [3.8, 4) is 5.75 Å². The predicted octanol–water partition coefficient (Wildman–Crippen LogP) is 4.28. The summed E-state index contributed by atoms with van der Waals surface area (Å²) in [5.74, 6) is 1.78. The number of ether oxygens (including phenoxy) is 1. The first-order valence-electron chi connectivity index (χ1n) is 10.3. The summed E-state index contributed by atoms with van der Waals surface area (Å²) < 4.78 is 11.3. The predicted molar refractivity (Wildman–Crippen MR) is 111 cm³/mol. The summed E-state index contributed by atoms with van der Waals surface area (Å²) in [6.07, 6.45) is 6.90. The Morgan fingerprint density at radius 1 is 1.21 bits per heavy atom. The topological polar surface area (TPSA) is 77.2 Å². The number of amides is 1. The molecule has 0 saturated heterocycles. The van der Waals surface area contributed by atoms with Crippen molar-refractivity contribution >= 4 is 16.8 Å². The van der Waals surface area contributed by atoms with E-state index in [1.165, 1.54) is 0 Å². The Morgan fingerprint density at radius 3 is 2.79 bits per heavy atom. The molecular weight excluding hydrogens is 366 g/mol. The molecule has 1 aromatic carbocycles. The van der Waals surface area contributed by atoms with Crippen molar-refractivity contribution in [1.82, 2.24) is 15.5 Å². The van der Waals surface area contributed by atoms with E-state index in [0.29, 0.717) is 12.8 Å². The van der Waals surface area contributed by atoms with Gasteiger partial charge in [-0.05, 0) is 70.2 Å². The molecular formula is C23H27N3O3. The number of benzene rings is 1. The number of aryl methyl sites for hydroxylation is 2. The number of aromatic nitrogens is 2. The number of hydrogen-bond donors (Lipinski definition) is 1. The highest BCUT2D eigenvalue weighted by molar-refractivity contribution is 5.79. The molecule has 0 unspecified atom stereocenters. The molecule has 4 rings (SSSR count). The maximum absolute atomic E-state index is 12.3. The van der Waals surface area contributed by atoms with Gasteiger partial charge in [-0.1, -0.05) is 11.2 Å². The number of carbonyl (C=O) groups excluding carboxylic acids is 1. The lowest BCUT2D eigenvalue weighted by Gasteiger charge is -2.29. The minimum atomic E-state index is 0.0939. The molecule has 2 heterocycles. The maximum Gasteiger partial charge on any atom is 0.220 e. The third-order valence-electron chi connectivity index (χ3n) is 5.70. The van der Waals surface area contributed by atoms with Crippen molar-refractivity contribution in [2.75, 3.05) is 0 Å². The molecule has 1 aliphatic rings. The Labute approximate surface area is 170 Å². The molecule has 0 radical (unpaired) electrons. The Hall–Kier alpha value is -2.89. The van der Waals surface area contributed by atoms with Crippen LogP contribution in [0.5, 0.6) is 5.75 Å². The minimum absolute atomic E-state index is 0.0939. The molecule has 29 heavy (non-hydrogen) atoms. The first kappa shape index (κ1) is 19.4. The van der Waals surface area contributed by atoms with Gasteiger partial charge in [-0.25, -0.2) is 0 Å². The van der Waals surface area contributed by atoms with Crippen LogP contribution in [0.25, 0.3) is 10.9 Å². The van der Waals surface area contributed by atoms with Gasteiger partial charge in [-0.2, -0.15) is 0 Å². The van der Waals surface area contributed by atoms with Crippen LogP contribution in [0.4, 0.5) is 0 Å². The Kier molecular flexibility index (Phi) is 5.79. The minimum Gasteiger partial charge on any atom is -0.490 e. The molecule has 0 aliphatic heterocycles. The van der Waals surface area contributed by atoms with Crippen molar-refractivity contribution in [3.63, 3.8) is 0 Å². The monoisotopic (exact) mass is 393 g/mol. The van der Waals surface area contributed by atoms with Gasteiger partial charge in [0.25, 0.3) is 0 Å². The molecule has 1 fully saturated rings. The summed E-state index contributed by atoms with van der Waals surface area (Å²) in [5.41, 5.74) is 2.89.